The third kappa shape index (κ3) is 3.18. The first-order valence-corrected chi connectivity index (χ1v) is 8.09. The molecule has 128 valence electrons. The second-order valence-corrected chi connectivity index (χ2v) is 6.01. The molecule has 2 aromatic heterocycles. The van der Waals surface area contributed by atoms with Gasteiger partial charge in [0.05, 0.1) is 12.6 Å². The summed E-state index contributed by atoms with van der Waals surface area (Å²) in [4.78, 5) is 22.2. The molecule has 0 aliphatic carbocycles. The number of ether oxygens (including phenoxy) is 1. The van der Waals surface area contributed by atoms with Crippen LogP contribution in [-0.2, 0) is 16.1 Å². The van der Waals surface area contributed by atoms with E-state index in [4.69, 9.17) is 9.15 Å². The number of morpholine rings is 1. The minimum atomic E-state index is -0.0730. The van der Waals surface area contributed by atoms with E-state index in [1.165, 1.54) is 0 Å². The predicted octanol–water partition coefficient (Wildman–Crippen LogP) is 2.06. The maximum absolute atomic E-state index is 11.5. The molecule has 1 aromatic carbocycles. The van der Waals surface area contributed by atoms with Crippen LogP contribution in [0.5, 0.6) is 0 Å². The smallest absolute Gasteiger partial charge is 0.248 e. The van der Waals surface area contributed by atoms with Crippen molar-refractivity contribution in [3.05, 3.63) is 49.0 Å². The number of likely N-dealkylation sites (N-methyl/N-ethyl adjacent to an activating group) is 1. The number of aromatic nitrogens is 3. The fraction of sp³-hybridized carbons (Fsp3) is 0.278. The molecule has 1 aliphatic heterocycles. The molecule has 0 saturated carbocycles. The molecule has 0 N–H and O–H groups in total. The van der Waals surface area contributed by atoms with E-state index in [-0.39, 0.29) is 18.6 Å². The molecule has 1 atom stereocenters. The molecule has 1 amide bonds. The normalized spacial score (nSPS) is 17.9. The highest BCUT2D eigenvalue weighted by atomic mass is 16.5. The molecular weight excluding hydrogens is 320 g/mol. The number of hydrogen-bond acceptors (Lipinski definition) is 5. The monoisotopic (exact) mass is 338 g/mol. The highest BCUT2D eigenvalue weighted by molar-refractivity contribution is 5.77. The van der Waals surface area contributed by atoms with E-state index in [0.717, 1.165) is 5.56 Å². The molecular formula is C18H18N4O3. The Kier molecular flexibility index (Phi) is 4.07. The molecule has 7 heteroatoms. The number of oxazole rings is 1. The number of amides is 1. The minimum Gasteiger partial charge on any atom is -0.444 e. The van der Waals surface area contributed by atoms with Crippen molar-refractivity contribution in [3.63, 3.8) is 0 Å². The van der Waals surface area contributed by atoms with Gasteiger partial charge >= 0.3 is 0 Å². The van der Waals surface area contributed by atoms with Crippen molar-refractivity contribution >= 4 is 5.91 Å². The van der Waals surface area contributed by atoms with E-state index in [2.05, 4.69) is 9.97 Å². The van der Waals surface area contributed by atoms with Crippen LogP contribution in [0.3, 0.4) is 0 Å². The molecule has 4 rings (SSSR count). The number of imidazole rings is 1. The van der Waals surface area contributed by atoms with E-state index in [1.807, 2.05) is 41.1 Å². The molecule has 0 radical (unpaired) electrons. The number of benzene rings is 1. The lowest BCUT2D eigenvalue weighted by Crippen LogP contribution is -2.45. The van der Waals surface area contributed by atoms with Gasteiger partial charge in [0, 0.05) is 31.5 Å². The average Bonchev–Trinajstić information content (AvgIpc) is 3.28. The van der Waals surface area contributed by atoms with Crippen LogP contribution in [0.25, 0.3) is 23.0 Å². The lowest BCUT2D eigenvalue weighted by atomic mass is 10.2. The maximum atomic E-state index is 11.5. The Balaban J connectivity index is 1.54. The molecule has 1 aliphatic rings. The standard InChI is InChI=1S/C18H18N4O3/c1-21-9-14(24-12-16(21)23)10-22-8-7-19-17(22)15-11-25-18(20-15)13-5-3-2-4-6-13/h2-8,11,14H,9-10,12H2,1H3. The molecule has 1 unspecified atom stereocenters. The van der Waals surface area contributed by atoms with Crippen molar-refractivity contribution < 1.29 is 13.9 Å². The lowest BCUT2D eigenvalue weighted by molar-refractivity contribution is -0.147. The van der Waals surface area contributed by atoms with Gasteiger partial charge < -0.3 is 18.6 Å². The summed E-state index contributed by atoms with van der Waals surface area (Å²) in [5.41, 5.74) is 1.59. The van der Waals surface area contributed by atoms with E-state index in [0.29, 0.717) is 30.5 Å². The summed E-state index contributed by atoms with van der Waals surface area (Å²) in [5.74, 6) is 1.28. The second kappa shape index (κ2) is 6.52. The van der Waals surface area contributed by atoms with Crippen molar-refractivity contribution in [1.82, 2.24) is 19.4 Å². The zero-order valence-electron chi connectivity index (χ0n) is 13.8. The van der Waals surface area contributed by atoms with Crippen molar-refractivity contribution in [3.8, 4) is 23.0 Å². The minimum absolute atomic E-state index is 0.00566. The largest absolute Gasteiger partial charge is 0.444 e. The topological polar surface area (TPSA) is 73.4 Å². The van der Waals surface area contributed by atoms with Crippen molar-refractivity contribution in [2.24, 2.45) is 0 Å². The first-order chi connectivity index (χ1) is 12.2. The third-order valence-corrected chi connectivity index (χ3v) is 4.22. The Bertz CT molecular complexity index is 871. The van der Waals surface area contributed by atoms with Crippen LogP contribution in [0.1, 0.15) is 0 Å². The second-order valence-electron chi connectivity index (χ2n) is 6.01. The maximum Gasteiger partial charge on any atom is 0.248 e. The number of hydrogen-bond donors (Lipinski definition) is 0. The van der Waals surface area contributed by atoms with Crippen LogP contribution in [-0.4, -0.2) is 51.6 Å². The number of nitrogens with zero attached hydrogens (tertiary/aromatic N) is 4. The highest BCUT2D eigenvalue weighted by Gasteiger charge is 2.25. The van der Waals surface area contributed by atoms with Gasteiger partial charge in [-0.2, -0.15) is 0 Å². The zero-order chi connectivity index (χ0) is 17.2. The Morgan fingerprint density at radius 2 is 2.12 bits per heavy atom. The summed E-state index contributed by atoms with van der Waals surface area (Å²) < 4.78 is 13.2. The van der Waals surface area contributed by atoms with Gasteiger partial charge in [0.15, 0.2) is 5.82 Å². The van der Waals surface area contributed by atoms with Crippen molar-refractivity contribution in [2.45, 2.75) is 12.6 Å². The molecule has 0 bridgehead atoms. The first-order valence-electron chi connectivity index (χ1n) is 8.09. The van der Waals surface area contributed by atoms with Gasteiger partial charge in [0.1, 0.15) is 18.6 Å². The number of rotatable bonds is 4. The summed E-state index contributed by atoms with van der Waals surface area (Å²) in [6.45, 7) is 1.28. The Hall–Kier alpha value is -2.93. The van der Waals surface area contributed by atoms with Crippen LogP contribution < -0.4 is 0 Å². The Morgan fingerprint density at radius 3 is 2.92 bits per heavy atom. The van der Waals surface area contributed by atoms with Gasteiger partial charge in [-0.05, 0) is 12.1 Å². The quantitative estimate of drug-likeness (QED) is 0.728. The van der Waals surface area contributed by atoms with Gasteiger partial charge in [-0.1, -0.05) is 18.2 Å². The summed E-state index contributed by atoms with van der Waals surface area (Å²) in [6.07, 6.45) is 5.14. The van der Waals surface area contributed by atoms with Crippen molar-refractivity contribution in [1.29, 1.82) is 0 Å². The van der Waals surface area contributed by atoms with Gasteiger partial charge in [0.25, 0.3) is 0 Å². The van der Waals surface area contributed by atoms with Crippen LogP contribution in [0.4, 0.5) is 0 Å². The Morgan fingerprint density at radius 1 is 1.28 bits per heavy atom. The van der Waals surface area contributed by atoms with Gasteiger partial charge in [-0.25, -0.2) is 9.97 Å². The van der Waals surface area contributed by atoms with E-state index >= 15 is 0 Å². The number of carbonyl (C=O) groups excluding carboxylic acids is 1. The van der Waals surface area contributed by atoms with Gasteiger partial charge in [-0.3, -0.25) is 4.79 Å². The molecule has 25 heavy (non-hydrogen) atoms. The molecule has 0 spiro atoms. The highest BCUT2D eigenvalue weighted by Crippen LogP contribution is 2.24. The third-order valence-electron chi connectivity index (χ3n) is 4.22. The van der Waals surface area contributed by atoms with Crippen LogP contribution >= 0.6 is 0 Å². The fourth-order valence-corrected chi connectivity index (χ4v) is 2.87. The summed E-state index contributed by atoms with van der Waals surface area (Å²) in [5, 5.41) is 0. The van der Waals surface area contributed by atoms with Crippen LogP contribution in [0, 0.1) is 0 Å². The van der Waals surface area contributed by atoms with Gasteiger partial charge in [-0.15, -0.1) is 0 Å². The molecule has 1 fully saturated rings. The lowest BCUT2D eigenvalue weighted by Gasteiger charge is -2.30. The number of carbonyl (C=O) groups is 1. The summed E-state index contributed by atoms with van der Waals surface area (Å²) in [7, 11) is 1.79. The fourth-order valence-electron chi connectivity index (χ4n) is 2.87. The molecule has 1 saturated heterocycles. The van der Waals surface area contributed by atoms with E-state index in [9.17, 15) is 4.79 Å². The SMILES string of the molecule is CN1CC(Cn2ccnc2-c2coc(-c3ccccc3)n2)OCC1=O. The van der Waals surface area contributed by atoms with Crippen LogP contribution in [0.15, 0.2) is 53.4 Å². The molecule has 3 aromatic rings. The molecule has 3 heterocycles. The average molecular weight is 338 g/mol. The summed E-state index contributed by atoms with van der Waals surface area (Å²) >= 11 is 0. The van der Waals surface area contributed by atoms with Gasteiger partial charge in [0.2, 0.25) is 11.8 Å². The zero-order valence-corrected chi connectivity index (χ0v) is 13.8. The van der Waals surface area contributed by atoms with E-state index in [1.54, 1.807) is 24.4 Å². The van der Waals surface area contributed by atoms with Crippen molar-refractivity contribution in [2.75, 3.05) is 20.2 Å². The van der Waals surface area contributed by atoms with Crippen LogP contribution in [0.2, 0.25) is 0 Å². The summed E-state index contributed by atoms with van der Waals surface area (Å²) in [6, 6.07) is 9.73. The predicted molar refractivity (Wildman–Crippen MR) is 90.5 cm³/mol. The Labute approximate surface area is 144 Å². The molecule has 7 nitrogen and oxygen atoms in total. The van der Waals surface area contributed by atoms with E-state index < -0.39 is 0 Å². The first kappa shape index (κ1) is 15.6.